The summed E-state index contributed by atoms with van der Waals surface area (Å²) in [6, 6.07) is 4.70. The number of hydrogen-bond acceptors (Lipinski definition) is 2. The van der Waals surface area contributed by atoms with Crippen molar-refractivity contribution < 1.29 is 18.0 Å². The van der Waals surface area contributed by atoms with Crippen LogP contribution in [0.3, 0.4) is 0 Å². The molecule has 3 rings (SSSR count). The van der Waals surface area contributed by atoms with Gasteiger partial charge in [0.25, 0.3) is 0 Å². The predicted molar refractivity (Wildman–Crippen MR) is 72.6 cm³/mol. The quantitative estimate of drug-likeness (QED) is 0.789. The van der Waals surface area contributed by atoms with E-state index >= 15 is 0 Å². The van der Waals surface area contributed by atoms with Gasteiger partial charge in [0.15, 0.2) is 5.78 Å². The first kappa shape index (κ1) is 13.9. The zero-order chi connectivity index (χ0) is 15.2. The summed E-state index contributed by atoms with van der Waals surface area (Å²) in [5.74, 6) is -0.130. The third kappa shape index (κ3) is 2.35. The number of ketones is 1. The van der Waals surface area contributed by atoms with E-state index in [4.69, 9.17) is 11.6 Å². The maximum atomic E-state index is 12.6. The zero-order valence-electron chi connectivity index (χ0n) is 10.5. The molecule has 7 heteroatoms. The number of fused-ring (bicyclic) bond motifs is 1. The first-order valence-electron chi connectivity index (χ1n) is 5.99. The summed E-state index contributed by atoms with van der Waals surface area (Å²) < 4.78 is 39.5. The molecule has 108 valence electrons. The van der Waals surface area contributed by atoms with Gasteiger partial charge in [-0.3, -0.25) is 9.79 Å². The molecule has 0 fully saturated rings. The molecule has 0 amide bonds. The Bertz CT molecular complexity index is 762. The maximum absolute atomic E-state index is 12.6. The average molecular weight is 313 g/mol. The summed E-state index contributed by atoms with van der Waals surface area (Å²) in [5.41, 5.74) is 0.558. The number of carbonyl (C=O) groups is 1. The SMILES string of the molecule is O=C1CN=Cc2c1ccn2-c1ccc(C(F)(F)F)cc1Cl. The van der Waals surface area contributed by atoms with Gasteiger partial charge in [-0.25, -0.2) is 0 Å². The highest BCUT2D eigenvalue weighted by atomic mass is 35.5. The predicted octanol–water partition coefficient (Wildman–Crippen LogP) is 3.76. The number of alkyl halides is 3. The number of rotatable bonds is 1. The Morgan fingerprint density at radius 1 is 1.24 bits per heavy atom. The number of carbonyl (C=O) groups excluding carboxylic acids is 1. The van der Waals surface area contributed by atoms with Crippen molar-refractivity contribution in [2.75, 3.05) is 6.54 Å². The highest BCUT2D eigenvalue weighted by Gasteiger charge is 2.31. The molecule has 0 saturated heterocycles. The Balaban J connectivity index is 2.11. The van der Waals surface area contributed by atoms with E-state index in [1.165, 1.54) is 12.3 Å². The van der Waals surface area contributed by atoms with Gasteiger partial charge >= 0.3 is 6.18 Å². The summed E-state index contributed by atoms with van der Waals surface area (Å²) in [6.45, 7) is 0.0811. The molecule has 0 N–H and O–H groups in total. The lowest BCUT2D eigenvalue weighted by Gasteiger charge is -2.13. The lowest BCUT2D eigenvalue weighted by Crippen LogP contribution is -2.13. The molecule has 3 nitrogen and oxygen atoms in total. The minimum Gasteiger partial charge on any atom is -0.313 e. The van der Waals surface area contributed by atoms with Crippen molar-refractivity contribution in [3.05, 3.63) is 52.3 Å². The first-order chi connectivity index (χ1) is 9.88. The Hall–Kier alpha value is -2.08. The lowest BCUT2D eigenvalue weighted by atomic mass is 10.1. The van der Waals surface area contributed by atoms with Crippen LogP contribution in [0.4, 0.5) is 13.2 Å². The van der Waals surface area contributed by atoms with E-state index < -0.39 is 11.7 Å². The van der Waals surface area contributed by atoms with E-state index in [1.54, 1.807) is 16.8 Å². The van der Waals surface area contributed by atoms with E-state index in [2.05, 4.69) is 4.99 Å². The minimum absolute atomic E-state index is 0.0466. The fourth-order valence-corrected chi connectivity index (χ4v) is 2.47. The largest absolute Gasteiger partial charge is 0.416 e. The van der Waals surface area contributed by atoms with Gasteiger partial charge in [0.05, 0.1) is 22.0 Å². The average Bonchev–Trinajstić information content (AvgIpc) is 2.83. The summed E-state index contributed by atoms with van der Waals surface area (Å²) in [5, 5.41) is -0.0466. The van der Waals surface area contributed by atoms with Crippen LogP contribution in [0.15, 0.2) is 35.5 Å². The molecule has 0 aliphatic carbocycles. The van der Waals surface area contributed by atoms with Crippen molar-refractivity contribution in [2.24, 2.45) is 4.99 Å². The van der Waals surface area contributed by atoms with E-state index in [1.807, 2.05) is 0 Å². The third-order valence-electron chi connectivity index (χ3n) is 3.21. The van der Waals surface area contributed by atoms with Crippen LogP contribution in [0.25, 0.3) is 5.69 Å². The van der Waals surface area contributed by atoms with E-state index in [-0.39, 0.29) is 17.4 Å². The molecule has 0 unspecified atom stereocenters. The Morgan fingerprint density at radius 3 is 2.67 bits per heavy atom. The van der Waals surface area contributed by atoms with Crippen molar-refractivity contribution in [3.8, 4) is 5.69 Å². The summed E-state index contributed by atoms with van der Waals surface area (Å²) in [6.07, 6.45) is -1.34. The lowest BCUT2D eigenvalue weighted by molar-refractivity contribution is -0.137. The van der Waals surface area contributed by atoms with Crippen molar-refractivity contribution >= 4 is 23.6 Å². The molecule has 0 bridgehead atoms. The molecular formula is C14H8ClF3N2O. The molecule has 0 spiro atoms. The van der Waals surface area contributed by atoms with Crippen molar-refractivity contribution in [2.45, 2.75) is 6.18 Å². The van der Waals surface area contributed by atoms with Crippen LogP contribution < -0.4 is 0 Å². The molecule has 1 aromatic carbocycles. The second-order valence-electron chi connectivity index (χ2n) is 4.54. The van der Waals surface area contributed by atoms with Crippen LogP contribution in [-0.2, 0) is 6.18 Å². The smallest absolute Gasteiger partial charge is 0.313 e. The van der Waals surface area contributed by atoms with Gasteiger partial charge in [0.2, 0.25) is 0 Å². The fourth-order valence-electron chi connectivity index (χ4n) is 2.20. The minimum atomic E-state index is -4.45. The molecule has 2 heterocycles. The molecular weight excluding hydrogens is 305 g/mol. The van der Waals surface area contributed by atoms with Gasteiger partial charge in [0, 0.05) is 18.0 Å². The molecule has 21 heavy (non-hydrogen) atoms. The molecule has 0 radical (unpaired) electrons. The standard InChI is InChI=1S/C14H8ClF3N2O/c15-10-5-8(14(16,17)18)1-2-11(10)20-4-3-9-12(20)6-19-7-13(9)21/h1-6H,7H2. The van der Waals surface area contributed by atoms with Crippen LogP contribution in [-0.4, -0.2) is 23.1 Å². The molecule has 0 atom stereocenters. The summed E-state index contributed by atoms with van der Waals surface area (Å²) >= 11 is 5.96. The second-order valence-corrected chi connectivity index (χ2v) is 4.95. The molecule has 1 aliphatic rings. The van der Waals surface area contributed by atoms with E-state index in [9.17, 15) is 18.0 Å². The Kier molecular flexibility index (Phi) is 3.13. The monoisotopic (exact) mass is 312 g/mol. The number of hydrogen-bond donors (Lipinski definition) is 0. The number of Topliss-reactive ketones (excluding diaryl/α,β-unsaturated/α-hetero) is 1. The Labute approximate surface area is 122 Å². The highest BCUT2D eigenvalue weighted by molar-refractivity contribution is 6.32. The number of halogens is 4. The van der Waals surface area contributed by atoms with Gasteiger partial charge < -0.3 is 4.57 Å². The highest BCUT2D eigenvalue weighted by Crippen LogP contribution is 2.34. The van der Waals surface area contributed by atoms with Crippen LogP contribution >= 0.6 is 11.6 Å². The normalized spacial score (nSPS) is 14.4. The topological polar surface area (TPSA) is 34.4 Å². The number of aliphatic imine (C=N–C) groups is 1. The maximum Gasteiger partial charge on any atom is 0.416 e. The fraction of sp³-hybridized carbons (Fsp3) is 0.143. The van der Waals surface area contributed by atoms with Gasteiger partial charge in [-0.05, 0) is 24.3 Å². The summed E-state index contributed by atoms with van der Waals surface area (Å²) in [7, 11) is 0. The van der Waals surface area contributed by atoms with Crippen molar-refractivity contribution in [1.29, 1.82) is 0 Å². The first-order valence-corrected chi connectivity index (χ1v) is 6.37. The molecule has 0 saturated carbocycles. The molecule has 2 aromatic rings. The van der Waals surface area contributed by atoms with Gasteiger partial charge in [-0.15, -0.1) is 0 Å². The van der Waals surface area contributed by atoms with Crippen LogP contribution in [0, 0.1) is 0 Å². The van der Waals surface area contributed by atoms with Gasteiger partial charge in [0.1, 0.15) is 6.54 Å². The van der Waals surface area contributed by atoms with Crippen LogP contribution in [0.1, 0.15) is 21.6 Å². The molecule has 1 aliphatic heterocycles. The van der Waals surface area contributed by atoms with Gasteiger partial charge in [-0.2, -0.15) is 13.2 Å². The van der Waals surface area contributed by atoms with E-state index in [0.717, 1.165) is 12.1 Å². The van der Waals surface area contributed by atoms with Gasteiger partial charge in [-0.1, -0.05) is 11.6 Å². The van der Waals surface area contributed by atoms with Crippen molar-refractivity contribution in [1.82, 2.24) is 4.57 Å². The Morgan fingerprint density at radius 2 is 2.00 bits per heavy atom. The number of nitrogens with zero attached hydrogens (tertiary/aromatic N) is 2. The zero-order valence-corrected chi connectivity index (χ0v) is 11.2. The second kappa shape index (κ2) is 4.73. The van der Waals surface area contributed by atoms with Crippen molar-refractivity contribution in [3.63, 3.8) is 0 Å². The molecule has 1 aromatic heterocycles. The number of benzene rings is 1. The number of aromatic nitrogens is 1. The van der Waals surface area contributed by atoms with Crippen LogP contribution in [0.2, 0.25) is 5.02 Å². The summed E-state index contributed by atoms with van der Waals surface area (Å²) in [4.78, 5) is 15.6. The third-order valence-corrected chi connectivity index (χ3v) is 3.51. The van der Waals surface area contributed by atoms with E-state index in [0.29, 0.717) is 16.9 Å². The van der Waals surface area contributed by atoms with Crippen LogP contribution in [0.5, 0.6) is 0 Å².